The number of ether oxygens (including phenoxy) is 1. The maximum atomic E-state index is 12.7. The van der Waals surface area contributed by atoms with Crippen molar-refractivity contribution in [1.29, 1.82) is 0 Å². The second-order valence-corrected chi connectivity index (χ2v) is 14.4. The molecule has 0 rings (SSSR count). The second kappa shape index (κ2) is 38.1. The van der Waals surface area contributed by atoms with E-state index in [2.05, 4.69) is 48.8 Å². The molecule has 9 nitrogen and oxygen atoms in total. The number of unbranched alkanes of at least 4 members (excludes halogenated alkanes) is 22. The van der Waals surface area contributed by atoms with Crippen LogP contribution in [-0.2, 0) is 23.9 Å². The highest BCUT2D eigenvalue weighted by molar-refractivity contribution is 5.87. The second-order valence-electron chi connectivity index (χ2n) is 14.4. The summed E-state index contributed by atoms with van der Waals surface area (Å²) in [5.41, 5.74) is 0. The molecular weight excluding hydrogens is 656 g/mol. The third-order valence-corrected chi connectivity index (χ3v) is 9.41. The van der Waals surface area contributed by atoms with Gasteiger partial charge in [-0.25, -0.2) is 4.79 Å². The quantitative estimate of drug-likeness (QED) is 0.0281. The highest BCUT2D eigenvalue weighted by Crippen LogP contribution is 2.16. The summed E-state index contributed by atoms with van der Waals surface area (Å²) in [6.45, 7) is 3.43. The van der Waals surface area contributed by atoms with Crippen molar-refractivity contribution in [1.82, 2.24) is 10.6 Å². The summed E-state index contributed by atoms with van der Waals surface area (Å²) in [6.07, 6.45) is 40.9. The van der Waals surface area contributed by atoms with Gasteiger partial charge in [0.2, 0.25) is 11.8 Å². The van der Waals surface area contributed by atoms with Crippen LogP contribution in [0.3, 0.4) is 0 Å². The molecule has 2 atom stereocenters. The van der Waals surface area contributed by atoms with Gasteiger partial charge in [-0.3, -0.25) is 14.4 Å². The van der Waals surface area contributed by atoms with Crippen LogP contribution in [0.25, 0.3) is 0 Å². The molecule has 2 unspecified atom stereocenters. The number of aliphatic carboxylic acids is 1. The summed E-state index contributed by atoms with van der Waals surface area (Å²) in [4.78, 5) is 47.4. The van der Waals surface area contributed by atoms with Crippen molar-refractivity contribution in [3.05, 3.63) is 24.3 Å². The van der Waals surface area contributed by atoms with E-state index >= 15 is 0 Å². The van der Waals surface area contributed by atoms with Gasteiger partial charge in [-0.15, -0.1) is 0 Å². The Morgan fingerprint density at radius 2 is 1.04 bits per heavy atom. The van der Waals surface area contributed by atoms with E-state index in [1.54, 1.807) is 0 Å². The zero-order chi connectivity index (χ0) is 38.3. The molecule has 0 aliphatic carbocycles. The maximum absolute atomic E-state index is 12.7. The Kier molecular flexibility index (Phi) is 36.1. The van der Waals surface area contributed by atoms with E-state index < -0.39 is 24.5 Å². The van der Waals surface area contributed by atoms with Crippen LogP contribution in [0.2, 0.25) is 0 Å². The molecule has 302 valence electrons. The number of aliphatic hydroxyl groups excluding tert-OH is 1. The molecule has 0 aromatic rings. The molecule has 0 spiro atoms. The fraction of sp³-hybridized carbons (Fsp3) is 0.814. The molecule has 0 aliphatic heterocycles. The molecular formula is C43H78N2O7. The smallest absolute Gasteiger partial charge is 0.328 e. The van der Waals surface area contributed by atoms with Gasteiger partial charge in [0.15, 0.2) is 0 Å². The molecule has 2 amide bonds. The first-order chi connectivity index (χ1) is 25.3. The Balaban J connectivity index is 4.17. The standard InChI is InChI=1S/C43H78N2O7/c1-3-5-7-9-11-12-13-14-15-16-17-18-19-20-21-23-25-31-35-42(49)52-38(32-28-24-22-10-8-6-4-2)33-29-26-27-30-34-40(47)44-36-41(48)45-39(37-46)43(50)51/h15-16,28,32,38-39,46H,3-14,17-27,29-31,33-37H2,1-2H3,(H,44,47)(H,45,48)(H,50,51)/b16-15-,32-28-. The Morgan fingerprint density at radius 3 is 1.56 bits per heavy atom. The fourth-order valence-electron chi connectivity index (χ4n) is 6.09. The largest absolute Gasteiger partial charge is 0.480 e. The molecule has 9 heteroatoms. The number of carbonyl (C=O) groups excluding carboxylic acids is 3. The zero-order valence-electron chi connectivity index (χ0n) is 33.3. The molecule has 0 saturated heterocycles. The summed E-state index contributed by atoms with van der Waals surface area (Å²) < 4.78 is 5.89. The average molecular weight is 735 g/mol. The minimum absolute atomic E-state index is 0.116. The molecule has 0 radical (unpaired) electrons. The van der Waals surface area contributed by atoms with Crippen LogP contribution in [0.1, 0.15) is 200 Å². The number of carboxylic acid groups (broad SMARTS) is 1. The summed E-state index contributed by atoms with van der Waals surface area (Å²) in [7, 11) is 0. The monoisotopic (exact) mass is 735 g/mol. The Bertz CT molecular complexity index is 936. The number of rotatable bonds is 38. The predicted octanol–water partition coefficient (Wildman–Crippen LogP) is 10.0. The van der Waals surface area contributed by atoms with Crippen molar-refractivity contribution in [3.63, 3.8) is 0 Å². The topological polar surface area (TPSA) is 142 Å². The number of aliphatic hydroxyl groups is 1. The Hall–Kier alpha value is -2.68. The molecule has 0 fully saturated rings. The molecule has 52 heavy (non-hydrogen) atoms. The first kappa shape index (κ1) is 49.3. The van der Waals surface area contributed by atoms with Gasteiger partial charge in [0.1, 0.15) is 12.1 Å². The summed E-state index contributed by atoms with van der Waals surface area (Å²) in [5, 5.41) is 22.5. The molecule has 0 aromatic heterocycles. The number of nitrogens with one attached hydrogen (secondary N) is 2. The molecule has 0 saturated carbocycles. The minimum atomic E-state index is -1.39. The van der Waals surface area contributed by atoms with Gasteiger partial charge in [-0.05, 0) is 70.3 Å². The van der Waals surface area contributed by atoms with Crippen molar-refractivity contribution >= 4 is 23.8 Å². The van der Waals surface area contributed by atoms with Gasteiger partial charge in [-0.1, -0.05) is 141 Å². The van der Waals surface area contributed by atoms with E-state index in [0.717, 1.165) is 51.4 Å². The Morgan fingerprint density at radius 1 is 0.577 bits per heavy atom. The number of hydrogen-bond acceptors (Lipinski definition) is 6. The van der Waals surface area contributed by atoms with Gasteiger partial charge in [0.25, 0.3) is 0 Å². The summed E-state index contributed by atoms with van der Waals surface area (Å²) in [6, 6.07) is -1.39. The molecule has 0 aliphatic rings. The van der Waals surface area contributed by atoms with E-state index in [0.29, 0.717) is 12.8 Å². The van der Waals surface area contributed by atoms with Crippen LogP contribution < -0.4 is 10.6 Å². The molecule has 0 aromatic carbocycles. The zero-order valence-corrected chi connectivity index (χ0v) is 33.3. The van der Waals surface area contributed by atoms with Crippen LogP contribution in [0.4, 0.5) is 0 Å². The number of hydrogen-bond donors (Lipinski definition) is 4. The van der Waals surface area contributed by atoms with Crippen molar-refractivity contribution in [2.24, 2.45) is 0 Å². The summed E-state index contributed by atoms with van der Waals surface area (Å²) in [5.74, 6) is -2.40. The predicted molar refractivity (Wildman–Crippen MR) is 213 cm³/mol. The SMILES string of the molecule is CCCCCCC/C=C\C(CCCCCCC(=O)NCC(=O)NC(CO)C(=O)O)OC(=O)CCCCCCCCC/C=C\CCCCCCCCC. The van der Waals surface area contributed by atoms with E-state index in [1.807, 2.05) is 0 Å². The first-order valence-electron chi connectivity index (χ1n) is 21.2. The van der Waals surface area contributed by atoms with E-state index in [4.69, 9.17) is 14.9 Å². The van der Waals surface area contributed by atoms with Crippen LogP contribution in [0.5, 0.6) is 0 Å². The van der Waals surface area contributed by atoms with Crippen LogP contribution in [0, 0.1) is 0 Å². The van der Waals surface area contributed by atoms with Crippen LogP contribution in [-0.4, -0.2) is 59.3 Å². The lowest BCUT2D eigenvalue weighted by Gasteiger charge is -2.15. The van der Waals surface area contributed by atoms with Crippen LogP contribution in [0.15, 0.2) is 24.3 Å². The van der Waals surface area contributed by atoms with E-state index in [9.17, 15) is 19.2 Å². The molecule has 4 N–H and O–H groups in total. The minimum Gasteiger partial charge on any atom is -0.480 e. The maximum Gasteiger partial charge on any atom is 0.328 e. The van der Waals surface area contributed by atoms with Gasteiger partial charge >= 0.3 is 11.9 Å². The van der Waals surface area contributed by atoms with Crippen LogP contribution >= 0.6 is 0 Å². The first-order valence-corrected chi connectivity index (χ1v) is 21.2. The van der Waals surface area contributed by atoms with Gasteiger partial charge < -0.3 is 25.6 Å². The number of carboxylic acids is 1. The van der Waals surface area contributed by atoms with E-state index in [1.165, 1.54) is 116 Å². The van der Waals surface area contributed by atoms with Crippen molar-refractivity contribution in [2.45, 2.75) is 212 Å². The molecule has 0 heterocycles. The van der Waals surface area contributed by atoms with Gasteiger partial charge in [0.05, 0.1) is 13.2 Å². The van der Waals surface area contributed by atoms with Crippen molar-refractivity contribution in [3.8, 4) is 0 Å². The lowest BCUT2D eigenvalue weighted by Crippen LogP contribution is -2.47. The lowest BCUT2D eigenvalue weighted by atomic mass is 10.1. The number of allylic oxidation sites excluding steroid dienone is 3. The summed E-state index contributed by atoms with van der Waals surface area (Å²) >= 11 is 0. The number of amides is 2. The van der Waals surface area contributed by atoms with Crippen molar-refractivity contribution < 1.29 is 34.1 Å². The number of carbonyl (C=O) groups is 4. The fourth-order valence-corrected chi connectivity index (χ4v) is 6.09. The Labute approximate surface area is 317 Å². The highest BCUT2D eigenvalue weighted by atomic mass is 16.5. The third-order valence-electron chi connectivity index (χ3n) is 9.41. The van der Waals surface area contributed by atoms with Gasteiger partial charge in [0, 0.05) is 12.8 Å². The normalized spacial score (nSPS) is 12.7. The third kappa shape index (κ3) is 34.4. The average Bonchev–Trinajstić information content (AvgIpc) is 3.13. The van der Waals surface area contributed by atoms with Gasteiger partial charge in [-0.2, -0.15) is 0 Å². The van der Waals surface area contributed by atoms with E-state index in [-0.39, 0.29) is 30.9 Å². The molecule has 0 bridgehead atoms. The number of esters is 1. The van der Waals surface area contributed by atoms with Crippen molar-refractivity contribution in [2.75, 3.05) is 13.2 Å². The highest BCUT2D eigenvalue weighted by Gasteiger charge is 2.18. The lowest BCUT2D eigenvalue weighted by molar-refractivity contribution is -0.147.